The van der Waals surface area contributed by atoms with Gasteiger partial charge in [0, 0.05) is 30.1 Å². The first kappa shape index (κ1) is 20.0. The summed E-state index contributed by atoms with van der Waals surface area (Å²) in [6, 6.07) is 8.56. The number of aryl methyl sites for hydroxylation is 2. The molecule has 1 saturated carbocycles. The van der Waals surface area contributed by atoms with Gasteiger partial charge in [-0.05, 0) is 80.5 Å². The maximum absolute atomic E-state index is 9.40. The molecule has 1 aliphatic carbocycles. The molecule has 0 bridgehead atoms. The third kappa shape index (κ3) is 3.55. The van der Waals surface area contributed by atoms with Gasteiger partial charge in [-0.1, -0.05) is 18.6 Å². The number of hydrogen-bond donors (Lipinski definition) is 0. The quantitative estimate of drug-likeness (QED) is 0.428. The van der Waals surface area contributed by atoms with Crippen molar-refractivity contribution in [3.63, 3.8) is 0 Å². The summed E-state index contributed by atoms with van der Waals surface area (Å²) in [4.78, 5) is 3.46. The van der Waals surface area contributed by atoms with E-state index >= 15 is 0 Å². The Morgan fingerprint density at radius 3 is 2.70 bits per heavy atom. The zero-order valence-electron chi connectivity index (χ0n) is 18.0. The van der Waals surface area contributed by atoms with Crippen molar-refractivity contribution >= 4 is 17.0 Å². The van der Waals surface area contributed by atoms with Crippen LogP contribution in [0.1, 0.15) is 55.3 Å². The summed E-state index contributed by atoms with van der Waals surface area (Å²) in [6.07, 6.45) is 12.0. The lowest BCUT2D eigenvalue weighted by atomic mass is 9.78. The first-order valence-corrected chi connectivity index (χ1v) is 10.6. The van der Waals surface area contributed by atoms with Gasteiger partial charge < -0.3 is 9.30 Å². The minimum Gasteiger partial charge on any atom is -0.487 e. The van der Waals surface area contributed by atoms with Crippen LogP contribution in [-0.4, -0.2) is 10.2 Å². The van der Waals surface area contributed by atoms with E-state index in [-0.39, 0.29) is 11.3 Å². The van der Waals surface area contributed by atoms with Crippen molar-refractivity contribution in [3.05, 3.63) is 75.6 Å². The predicted molar refractivity (Wildman–Crippen MR) is 120 cm³/mol. The molecule has 1 fully saturated rings. The van der Waals surface area contributed by atoms with Crippen LogP contribution in [0.5, 0.6) is 0 Å². The molecule has 1 aromatic carbocycles. The number of ether oxygens (including phenoxy) is 1. The van der Waals surface area contributed by atoms with E-state index < -0.39 is 0 Å². The Hall–Kier alpha value is -3.24. The maximum atomic E-state index is 9.40. The normalized spacial score (nSPS) is 20.0. The molecule has 2 aliphatic rings. The predicted octanol–water partition coefficient (Wildman–Crippen LogP) is 6.51. The van der Waals surface area contributed by atoms with Gasteiger partial charge in [-0.25, -0.2) is 10.1 Å². The number of fused-ring (bicyclic) bond motifs is 1. The van der Waals surface area contributed by atoms with Crippen LogP contribution in [0.2, 0.25) is 0 Å². The van der Waals surface area contributed by atoms with Crippen LogP contribution in [0.4, 0.5) is 0 Å². The van der Waals surface area contributed by atoms with Crippen LogP contribution in [-0.2, 0) is 11.8 Å². The molecule has 2 heterocycles. The minimum absolute atomic E-state index is 0.186. The standard InChI is InChI=1S/C26H27N3O/c1-18-19(2)29(4)25-11-9-20(14-23(18)25)8-10-22-15-21(24(17-27)28-3)16-26(30-22)12-6-5-7-13-26/h8-11,14-15H,5-7,12-13,16H2,1-2,4H3. The summed E-state index contributed by atoms with van der Waals surface area (Å²) in [6.45, 7) is 11.7. The summed E-state index contributed by atoms with van der Waals surface area (Å²) in [5, 5.41) is 10.7. The molecule has 1 aromatic heterocycles. The van der Waals surface area contributed by atoms with Crippen LogP contribution in [0.15, 0.2) is 47.4 Å². The lowest BCUT2D eigenvalue weighted by molar-refractivity contribution is -0.0285. The van der Waals surface area contributed by atoms with E-state index in [1.54, 1.807) is 0 Å². The molecule has 0 amide bonds. The Labute approximate surface area is 178 Å². The molecule has 0 unspecified atom stereocenters. The van der Waals surface area contributed by atoms with Gasteiger partial charge in [-0.15, -0.1) is 0 Å². The molecule has 0 saturated heterocycles. The molecule has 30 heavy (non-hydrogen) atoms. The number of rotatable bonds is 2. The molecule has 152 valence electrons. The van der Waals surface area contributed by atoms with Crippen LogP contribution in [0.25, 0.3) is 21.8 Å². The number of allylic oxidation sites excluding steroid dienone is 3. The topological polar surface area (TPSA) is 42.3 Å². The highest BCUT2D eigenvalue weighted by molar-refractivity contribution is 5.87. The van der Waals surface area contributed by atoms with E-state index in [1.807, 2.05) is 12.2 Å². The molecule has 1 spiro atoms. The second-order valence-electron chi connectivity index (χ2n) is 8.55. The van der Waals surface area contributed by atoms with Crippen LogP contribution < -0.4 is 0 Å². The SMILES string of the molecule is [C-]#[N+]C(C#N)=C1C=C(C=Cc2ccc3c(c2)c(C)c(C)n3C)OC2(CCCCC2)C1. The fourth-order valence-corrected chi connectivity index (χ4v) is 4.82. The Morgan fingerprint density at radius 1 is 1.23 bits per heavy atom. The Kier molecular flexibility index (Phi) is 5.27. The van der Waals surface area contributed by atoms with Crippen molar-refractivity contribution in [2.45, 2.75) is 58.0 Å². The van der Waals surface area contributed by atoms with Crippen molar-refractivity contribution in [2.75, 3.05) is 0 Å². The number of nitrogens with zero attached hydrogens (tertiary/aromatic N) is 3. The average molecular weight is 398 g/mol. The van der Waals surface area contributed by atoms with Crippen molar-refractivity contribution in [1.82, 2.24) is 4.57 Å². The first-order chi connectivity index (χ1) is 14.5. The number of nitriles is 1. The van der Waals surface area contributed by atoms with Crippen molar-refractivity contribution in [2.24, 2.45) is 7.05 Å². The zero-order chi connectivity index (χ0) is 21.3. The second kappa shape index (κ2) is 7.88. The van der Waals surface area contributed by atoms with E-state index in [0.29, 0.717) is 6.42 Å². The fourth-order valence-electron chi connectivity index (χ4n) is 4.82. The molecular formula is C26H27N3O. The summed E-state index contributed by atoms with van der Waals surface area (Å²) >= 11 is 0. The molecule has 4 heteroatoms. The lowest BCUT2D eigenvalue weighted by Crippen LogP contribution is -2.37. The molecule has 0 N–H and O–H groups in total. The number of hydrogen-bond acceptors (Lipinski definition) is 2. The van der Waals surface area contributed by atoms with E-state index in [1.165, 1.54) is 28.6 Å². The lowest BCUT2D eigenvalue weighted by Gasteiger charge is -2.41. The van der Waals surface area contributed by atoms with Gasteiger partial charge in [-0.2, -0.15) is 0 Å². The minimum atomic E-state index is -0.272. The third-order valence-electron chi connectivity index (χ3n) is 6.72. The van der Waals surface area contributed by atoms with Gasteiger partial charge in [0.25, 0.3) is 5.70 Å². The average Bonchev–Trinajstić information content (AvgIpc) is 2.97. The van der Waals surface area contributed by atoms with Gasteiger partial charge in [0.1, 0.15) is 11.4 Å². The fraction of sp³-hybridized carbons (Fsp3) is 0.385. The van der Waals surface area contributed by atoms with Gasteiger partial charge in [0.15, 0.2) is 0 Å². The molecule has 0 atom stereocenters. The number of aromatic nitrogens is 1. The Bertz CT molecular complexity index is 1160. The zero-order valence-corrected chi connectivity index (χ0v) is 18.0. The van der Waals surface area contributed by atoms with E-state index in [9.17, 15) is 5.26 Å². The van der Waals surface area contributed by atoms with Gasteiger partial charge in [0.2, 0.25) is 0 Å². The number of benzene rings is 1. The third-order valence-corrected chi connectivity index (χ3v) is 6.72. The maximum Gasteiger partial charge on any atom is 0.265 e. The van der Waals surface area contributed by atoms with Crippen molar-refractivity contribution in [3.8, 4) is 6.07 Å². The summed E-state index contributed by atoms with van der Waals surface area (Å²) in [5.41, 5.74) is 5.65. The Morgan fingerprint density at radius 2 is 2.00 bits per heavy atom. The molecule has 1 aliphatic heterocycles. The summed E-state index contributed by atoms with van der Waals surface area (Å²) in [5.74, 6) is 0.746. The molecule has 2 aromatic rings. The summed E-state index contributed by atoms with van der Waals surface area (Å²) < 4.78 is 8.69. The van der Waals surface area contributed by atoms with E-state index in [4.69, 9.17) is 11.3 Å². The van der Waals surface area contributed by atoms with Gasteiger partial charge >= 0.3 is 0 Å². The largest absolute Gasteiger partial charge is 0.487 e. The highest BCUT2D eigenvalue weighted by Crippen LogP contribution is 2.43. The molecule has 4 rings (SSSR count). The van der Waals surface area contributed by atoms with E-state index in [2.05, 4.69) is 60.7 Å². The molecule has 0 radical (unpaired) electrons. The van der Waals surface area contributed by atoms with Gasteiger partial charge in [0.05, 0.1) is 12.6 Å². The second-order valence-corrected chi connectivity index (χ2v) is 8.55. The smallest absolute Gasteiger partial charge is 0.265 e. The first-order valence-electron chi connectivity index (χ1n) is 10.6. The van der Waals surface area contributed by atoms with Crippen molar-refractivity contribution in [1.29, 1.82) is 5.26 Å². The van der Waals surface area contributed by atoms with Crippen molar-refractivity contribution < 1.29 is 4.74 Å². The van der Waals surface area contributed by atoms with E-state index in [0.717, 1.165) is 42.6 Å². The monoisotopic (exact) mass is 397 g/mol. The molecular weight excluding hydrogens is 370 g/mol. The van der Waals surface area contributed by atoms with Gasteiger partial charge in [-0.3, -0.25) is 0 Å². The van der Waals surface area contributed by atoms with Crippen LogP contribution in [0.3, 0.4) is 0 Å². The van der Waals surface area contributed by atoms with Crippen LogP contribution in [0, 0.1) is 31.8 Å². The van der Waals surface area contributed by atoms with Crippen LogP contribution >= 0.6 is 0 Å². The highest BCUT2D eigenvalue weighted by atomic mass is 16.5. The molecule has 4 nitrogen and oxygen atoms in total. The highest BCUT2D eigenvalue weighted by Gasteiger charge is 2.38. The Balaban J connectivity index is 1.70. The summed E-state index contributed by atoms with van der Waals surface area (Å²) in [7, 11) is 2.10.